The lowest BCUT2D eigenvalue weighted by Crippen LogP contribution is -2.20. The molecule has 4 nitrogen and oxygen atoms in total. The zero-order chi connectivity index (χ0) is 21.1. The quantitative estimate of drug-likeness (QED) is 0.377. The fourth-order valence-corrected chi connectivity index (χ4v) is 3.65. The van der Waals surface area contributed by atoms with E-state index in [0.29, 0.717) is 42.6 Å². The average Bonchev–Trinajstić information content (AvgIpc) is 2.65. The Morgan fingerprint density at radius 2 is 1.61 bits per heavy atom. The van der Waals surface area contributed by atoms with Crippen LogP contribution in [0.1, 0.15) is 115 Å². The molecule has 0 radical (unpaired) electrons. The predicted molar refractivity (Wildman–Crippen MR) is 115 cm³/mol. The zero-order valence-corrected chi connectivity index (χ0v) is 18.6. The first kappa shape index (κ1) is 24.5. The highest BCUT2D eigenvalue weighted by Crippen LogP contribution is 2.35. The van der Waals surface area contributed by atoms with Crippen molar-refractivity contribution < 1.29 is 14.3 Å². The van der Waals surface area contributed by atoms with Crippen molar-refractivity contribution in [3.05, 3.63) is 27.3 Å². The first-order valence-corrected chi connectivity index (χ1v) is 11.3. The highest BCUT2D eigenvalue weighted by atomic mass is 16.4. The second-order valence-corrected chi connectivity index (χ2v) is 8.38. The van der Waals surface area contributed by atoms with Crippen molar-refractivity contribution >= 4 is 5.78 Å². The van der Waals surface area contributed by atoms with Crippen LogP contribution in [-0.2, 0) is 17.6 Å². The monoisotopic (exact) mass is 392 g/mol. The Bertz CT molecular complexity index is 657. The number of rotatable bonds is 14. The van der Waals surface area contributed by atoms with Gasteiger partial charge in [-0.1, -0.05) is 66.7 Å². The van der Waals surface area contributed by atoms with Crippen LogP contribution in [0.25, 0.3) is 0 Å². The lowest BCUT2D eigenvalue weighted by molar-refractivity contribution is -0.121. The molecule has 1 aromatic heterocycles. The van der Waals surface area contributed by atoms with Crippen molar-refractivity contribution in [2.24, 2.45) is 5.92 Å². The standard InChI is InChI=1S/C24H40O4/c1-6-9-12-15-21(25)18(13-10-7-2)23-19(14-11-8-3)22(26)20(16-17(4)5)24(27)28-23/h17-18,26H,6-16H2,1-5H3/t18-/m1/s1. The fourth-order valence-electron chi connectivity index (χ4n) is 3.65. The van der Waals surface area contributed by atoms with Crippen LogP contribution in [0.3, 0.4) is 0 Å². The normalized spacial score (nSPS) is 12.5. The number of Topliss-reactive ketones (excluding diaryl/α,β-unsaturated/α-hetero) is 1. The van der Waals surface area contributed by atoms with Crippen LogP contribution >= 0.6 is 0 Å². The minimum Gasteiger partial charge on any atom is -0.507 e. The molecule has 0 amide bonds. The SMILES string of the molecule is CCCCCC(=O)[C@@H](CCCC)c1oc(=O)c(CC(C)C)c(O)c1CCCC. The predicted octanol–water partition coefficient (Wildman–Crippen LogP) is 6.31. The van der Waals surface area contributed by atoms with Crippen LogP contribution in [-0.4, -0.2) is 10.9 Å². The van der Waals surface area contributed by atoms with E-state index in [1.807, 2.05) is 13.8 Å². The van der Waals surface area contributed by atoms with Gasteiger partial charge in [0.1, 0.15) is 17.3 Å². The van der Waals surface area contributed by atoms with Crippen molar-refractivity contribution in [2.75, 3.05) is 0 Å². The Labute approximate surface area is 170 Å². The smallest absolute Gasteiger partial charge is 0.342 e. The molecule has 28 heavy (non-hydrogen) atoms. The van der Waals surface area contributed by atoms with Crippen LogP contribution in [0.2, 0.25) is 0 Å². The van der Waals surface area contributed by atoms with Gasteiger partial charge in [-0.05, 0) is 38.0 Å². The van der Waals surface area contributed by atoms with Gasteiger partial charge < -0.3 is 9.52 Å². The highest BCUT2D eigenvalue weighted by Gasteiger charge is 2.29. The van der Waals surface area contributed by atoms with Crippen molar-refractivity contribution in [2.45, 2.75) is 111 Å². The van der Waals surface area contributed by atoms with Gasteiger partial charge in [0.25, 0.3) is 0 Å². The number of hydrogen-bond donors (Lipinski definition) is 1. The van der Waals surface area contributed by atoms with Crippen LogP contribution in [0.4, 0.5) is 0 Å². The van der Waals surface area contributed by atoms with Crippen LogP contribution in [0.5, 0.6) is 5.75 Å². The first-order valence-electron chi connectivity index (χ1n) is 11.3. The summed E-state index contributed by atoms with van der Waals surface area (Å²) in [7, 11) is 0. The summed E-state index contributed by atoms with van der Waals surface area (Å²) >= 11 is 0. The Morgan fingerprint density at radius 3 is 2.18 bits per heavy atom. The van der Waals surface area contributed by atoms with E-state index in [9.17, 15) is 14.7 Å². The number of hydrogen-bond acceptors (Lipinski definition) is 4. The number of carbonyl (C=O) groups excluding carboxylic acids is 1. The summed E-state index contributed by atoms with van der Waals surface area (Å²) < 4.78 is 5.77. The number of carbonyl (C=O) groups is 1. The third kappa shape index (κ3) is 7.10. The minimum atomic E-state index is -0.482. The molecule has 0 fully saturated rings. The number of aromatic hydroxyl groups is 1. The maximum atomic E-state index is 13.0. The van der Waals surface area contributed by atoms with Gasteiger partial charge in [0.2, 0.25) is 0 Å². The Balaban J connectivity index is 3.39. The van der Waals surface area contributed by atoms with Crippen LogP contribution in [0.15, 0.2) is 9.21 Å². The lowest BCUT2D eigenvalue weighted by atomic mass is 9.87. The molecule has 1 atom stereocenters. The van der Waals surface area contributed by atoms with E-state index in [0.717, 1.165) is 44.9 Å². The van der Waals surface area contributed by atoms with E-state index in [1.54, 1.807) is 0 Å². The number of ketones is 1. The lowest BCUT2D eigenvalue weighted by Gasteiger charge is -2.20. The van der Waals surface area contributed by atoms with E-state index >= 15 is 0 Å². The Morgan fingerprint density at radius 1 is 0.964 bits per heavy atom. The van der Waals surface area contributed by atoms with E-state index < -0.39 is 11.5 Å². The summed E-state index contributed by atoms with van der Waals surface area (Å²) in [6, 6.07) is 0. The maximum absolute atomic E-state index is 13.0. The molecule has 1 rings (SSSR count). The molecule has 0 unspecified atom stereocenters. The van der Waals surface area contributed by atoms with Crippen molar-refractivity contribution in [3.63, 3.8) is 0 Å². The summed E-state index contributed by atoms with van der Waals surface area (Å²) in [5.41, 5.74) is 0.559. The van der Waals surface area contributed by atoms with Gasteiger partial charge in [-0.25, -0.2) is 4.79 Å². The topological polar surface area (TPSA) is 67.5 Å². The second kappa shape index (κ2) is 12.8. The summed E-state index contributed by atoms with van der Waals surface area (Å²) in [6.45, 7) is 10.3. The van der Waals surface area contributed by atoms with Gasteiger partial charge in [0.05, 0.1) is 11.5 Å². The minimum absolute atomic E-state index is 0.0660. The molecule has 160 valence electrons. The van der Waals surface area contributed by atoms with Gasteiger partial charge in [0.15, 0.2) is 0 Å². The average molecular weight is 393 g/mol. The van der Waals surface area contributed by atoms with Gasteiger partial charge in [0, 0.05) is 12.0 Å². The maximum Gasteiger partial charge on any atom is 0.342 e. The molecular weight excluding hydrogens is 352 g/mol. The summed E-state index contributed by atoms with van der Waals surface area (Å²) in [5.74, 6) is 0.453. The molecule has 0 aliphatic rings. The zero-order valence-electron chi connectivity index (χ0n) is 18.6. The van der Waals surface area contributed by atoms with Gasteiger partial charge in [-0.3, -0.25) is 4.79 Å². The third-order valence-corrected chi connectivity index (χ3v) is 5.29. The van der Waals surface area contributed by atoms with Gasteiger partial charge in [-0.15, -0.1) is 0 Å². The molecular formula is C24H40O4. The Kier molecular flexibility index (Phi) is 11.2. The molecule has 0 spiro atoms. The van der Waals surface area contributed by atoms with Crippen molar-refractivity contribution in [1.29, 1.82) is 0 Å². The second-order valence-electron chi connectivity index (χ2n) is 8.38. The Hall–Kier alpha value is -1.58. The molecule has 0 aliphatic carbocycles. The molecule has 1 N–H and O–H groups in total. The highest BCUT2D eigenvalue weighted by molar-refractivity contribution is 5.85. The van der Waals surface area contributed by atoms with Crippen LogP contribution < -0.4 is 5.63 Å². The first-order chi connectivity index (χ1) is 13.4. The van der Waals surface area contributed by atoms with Crippen molar-refractivity contribution in [3.8, 4) is 5.75 Å². The largest absolute Gasteiger partial charge is 0.507 e. The molecule has 1 heterocycles. The molecule has 4 heteroatoms. The summed E-state index contributed by atoms with van der Waals surface area (Å²) in [4.78, 5) is 25.6. The van der Waals surface area contributed by atoms with E-state index in [4.69, 9.17) is 4.42 Å². The number of unbranched alkanes of at least 4 members (excludes halogenated alkanes) is 4. The van der Waals surface area contributed by atoms with Gasteiger partial charge in [-0.2, -0.15) is 0 Å². The summed E-state index contributed by atoms with van der Waals surface area (Å²) in [5, 5.41) is 10.9. The molecule has 0 aromatic carbocycles. The van der Waals surface area contributed by atoms with Crippen LogP contribution in [0, 0.1) is 5.92 Å². The fraction of sp³-hybridized carbons (Fsp3) is 0.750. The van der Waals surface area contributed by atoms with E-state index in [-0.39, 0.29) is 17.5 Å². The summed E-state index contributed by atoms with van der Waals surface area (Å²) in [6.07, 6.45) is 8.99. The molecule has 0 saturated carbocycles. The van der Waals surface area contributed by atoms with Crippen molar-refractivity contribution in [1.82, 2.24) is 0 Å². The molecule has 0 bridgehead atoms. The molecule has 1 aromatic rings. The molecule has 0 aliphatic heterocycles. The third-order valence-electron chi connectivity index (χ3n) is 5.29. The van der Waals surface area contributed by atoms with E-state index in [2.05, 4.69) is 20.8 Å². The van der Waals surface area contributed by atoms with E-state index in [1.165, 1.54) is 0 Å². The molecule has 0 saturated heterocycles. The van der Waals surface area contributed by atoms with Gasteiger partial charge >= 0.3 is 5.63 Å².